The van der Waals surface area contributed by atoms with Gasteiger partial charge in [-0.05, 0) is 12.5 Å². The molecule has 0 unspecified atom stereocenters. The minimum Gasteiger partial charge on any atom is -0.478 e. The van der Waals surface area contributed by atoms with Gasteiger partial charge in [0.25, 0.3) is 0 Å². The molecule has 0 aliphatic rings. The molecule has 4 nitrogen and oxygen atoms in total. The fraction of sp³-hybridized carbons (Fsp3) is 0.200. The number of aryl methyl sites for hydroxylation is 1. The molecule has 0 bridgehead atoms. The van der Waals surface area contributed by atoms with E-state index < -0.39 is 23.9 Å². The Labute approximate surface area is 89.5 Å². The minimum atomic E-state index is -3.14. The fourth-order valence-electron chi connectivity index (χ4n) is 1.26. The molecule has 0 atom stereocenters. The average Bonchev–Trinajstić information content (AvgIpc) is 2.19. The SMILES string of the molecule is Cc1ccc(C=O)c(C(=O)O)c1OC(F)F. The van der Waals surface area contributed by atoms with Crippen LogP contribution in [0.1, 0.15) is 26.3 Å². The van der Waals surface area contributed by atoms with Crippen molar-refractivity contribution in [2.24, 2.45) is 0 Å². The van der Waals surface area contributed by atoms with Gasteiger partial charge in [0.15, 0.2) is 6.29 Å². The van der Waals surface area contributed by atoms with Crippen molar-refractivity contribution < 1.29 is 28.2 Å². The molecule has 0 saturated carbocycles. The number of hydrogen-bond donors (Lipinski definition) is 1. The third-order valence-electron chi connectivity index (χ3n) is 1.93. The molecule has 0 aromatic heterocycles. The van der Waals surface area contributed by atoms with Crippen LogP contribution < -0.4 is 4.74 Å². The van der Waals surface area contributed by atoms with E-state index in [2.05, 4.69) is 4.74 Å². The lowest BCUT2D eigenvalue weighted by Crippen LogP contribution is -2.11. The summed E-state index contributed by atoms with van der Waals surface area (Å²) in [5.41, 5.74) is -0.521. The molecule has 0 saturated heterocycles. The second-order valence-corrected chi connectivity index (χ2v) is 2.98. The maximum absolute atomic E-state index is 12.1. The zero-order valence-electron chi connectivity index (χ0n) is 8.24. The molecule has 0 radical (unpaired) electrons. The molecular formula is C10H8F2O4. The first-order valence-electron chi connectivity index (χ1n) is 4.24. The van der Waals surface area contributed by atoms with Crippen molar-refractivity contribution in [3.63, 3.8) is 0 Å². The zero-order valence-corrected chi connectivity index (χ0v) is 8.24. The number of rotatable bonds is 4. The van der Waals surface area contributed by atoms with Gasteiger partial charge in [-0.3, -0.25) is 4.79 Å². The predicted octanol–water partition coefficient (Wildman–Crippen LogP) is 2.11. The summed E-state index contributed by atoms with van der Waals surface area (Å²) in [4.78, 5) is 21.4. The lowest BCUT2D eigenvalue weighted by Gasteiger charge is -2.12. The highest BCUT2D eigenvalue weighted by molar-refractivity contribution is 6.00. The molecule has 16 heavy (non-hydrogen) atoms. The summed E-state index contributed by atoms with van der Waals surface area (Å²) in [7, 11) is 0. The van der Waals surface area contributed by atoms with Crippen LogP contribution in [0, 0.1) is 6.92 Å². The summed E-state index contributed by atoms with van der Waals surface area (Å²) < 4.78 is 28.3. The molecule has 0 amide bonds. The third kappa shape index (κ3) is 2.33. The Morgan fingerprint density at radius 2 is 2.12 bits per heavy atom. The van der Waals surface area contributed by atoms with Crippen LogP contribution in [0.25, 0.3) is 0 Å². The topological polar surface area (TPSA) is 63.6 Å². The lowest BCUT2D eigenvalue weighted by molar-refractivity contribution is -0.0508. The van der Waals surface area contributed by atoms with Crippen LogP contribution in [0.3, 0.4) is 0 Å². The van der Waals surface area contributed by atoms with Gasteiger partial charge in [-0.2, -0.15) is 8.78 Å². The van der Waals surface area contributed by atoms with Crippen LogP contribution in [0.4, 0.5) is 8.78 Å². The summed E-state index contributed by atoms with van der Waals surface area (Å²) in [6, 6.07) is 2.58. The smallest absolute Gasteiger partial charge is 0.387 e. The number of ether oxygens (including phenoxy) is 1. The molecule has 0 aliphatic heterocycles. The van der Waals surface area contributed by atoms with Crippen LogP contribution in [-0.2, 0) is 0 Å². The second-order valence-electron chi connectivity index (χ2n) is 2.98. The van der Waals surface area contributed by atoms with Crippen LogP contribution in [0.15, 0.2) is 12.1 Å². The Morgan fingerprint density at radius 3 is 2.56 bits per heavy atom. The number of benzene rings is 1. The number of carboxylic acids is 1. The summed E-state index contributed by atoms with van der Waals surface area (Å²) in [6.45, 7) is -1.72. The quantitative estimate of drug-likeness (QED) is 0.804. The molecule has 0 spiro atoms. The molecule has 1 N–H and O–H groups in total. The van der Waals surface area contributed by atoms with Crippen molar-refractivity contribution in [1.29, 1.82) is 0 Å². The van der Waals surface area contributed by atoms with Gasteiger partial charge >= 0.3 is 12.6 Å². The predicted molar refractivity (Wildman–Crippen MR) is 50.2 cm³/mol. The van der Waals surface area contributed by atoms with E-state index in [0.29, 0.717) is 0 Å². The standard InChI is InChI=1S/C10H8F2O4/c1-5-2-3-6(4-13)7(9(14)15)8(5)16-10(11)12/h2-4,10H,1H3,(H,14,15). The van der Waals surface area contributed by atoms with Crippen LogP contribution in [0.2, 0.25) is 0 Å². The Hall–Kier alpha value is -1.98. The van der Waals surface area contributed by atoms with Crippen molar-refractivity contribution in [3.8, 4) is 5.75 Å². The van der Waals surface area contributed by atoms with Crippen molar-refractivity contribution in [3.05, 3.63) is 28.8 Å². The van der Waals surface area contributed by atoms with Crippen molar-refractivity contribution in [2.45, 2.75) is 13.5 Å². The van der Waals surface area contributed by atoms with Gasteiger partial charge in [-0.25, -0.2) is 4.79 Å². The molecule has 0 fully saturated rings. The monoisotopic (exact) mass is 230 g/mol. The minimum absolute atomic E-state index is 0.200. The van der Waals surface area contributed by atoms with Crippen molar-refractivity contribution >= 4 is 12.3 Å². The normalized spacial score (nSPS) is 10.2. The van der Waals surface area contributed by atoms with E-state index >= 15 is 0 Å². The maximum atomic E-state index is 12.1. The highest BCUT2D eigenvalue weighted by Gasteiger charge is 2.21. The summed E-state index contributed by atoms with van der Waals surface area (Å²) >= 11 is 0. The summed E-state index contributed by atoms with van der Waals surface area (Å²) in [6.07, 6.45) is 0.279. The number of hydrogen-bond acceptors (Lipinski definition) is 3. The first-order chi connectivity index (χ1) is 7.47. The summed E-state index contributed by atoms with van der Waals surface area (Å²) in [5.74, 6) is -1.96. The maximum Gasteiger partial charge on any atom is 0.387 e. The van der Waals surface area contributed by atoms with Crippen LogP contribution in [0.5, 0.6) is 5.75 Å². The van der Waals surface area contributed by atoms with Gasteiger partial charge in [-0.15, -0.1) is 0 Å². The van der Waals surface area contributed by atoms with E-state index in [0.717, 1.165) is 0 Å². The van der Waals surface area contributed by atoms with Gasteiger partial charge in [-0.1, -0.05) is 12.1 Å². The molecule has 1 rings (SSSR count). The zero-order chi connectivity index (χ0) is 12.3. The van der Waals surface area contributed by atoms with Gasteiger partial charge in [0.05, 0.1) is 0 Å². The van der Waals surface area contributed by atoms with E-state index in [1.165, 1.54) is 19.1 Å². The Bertz CT molecular complexity index is 429. The van der Waals surface area contributed by atoms with Crippen molar-refractivity contribution in [2.75, 3.05) is 0 Å². The molecule has 6 heteroatoms. The Balaban J connectivity index is 3.41. The number of alkyl halides is 2. The molecule has 1 aromatic rings. The lowest BCUT2D eigenvalue weighted by atomic mass is 10.0. The second kappa shape index (κ2) is 4.69. The van der Waals surface area contributed by atoms with Gasteiger partial charge in [0.1, 0.15) is 11.3 Å². The molecule has 0 heterocycles. The molecular weight excluding hydrogens is 222 g/mol. The van der Waals surface area contributed by atoms with Crippen LogP contribution in [-0.4, -0.2) is 24.0 Å². The van der Waals surface area contributed by atoms with Crippen molar-refractivity contribution in [1.82, 2.24) is 0 Å². The molecule has 86 valence electrons. The number of aldehydes is 1. The number of halogens is 2. The van der Waals surface area contributed by atoms with E-state index in [1.54, 1.807) is 0 Å². The van der Waals surface area contributed by atoms with E-state index in [9.17, 15) is 18.4 Å². The molecule has 1 aromatic carbocycles. The average molecular weight is 230 g/mol. The summed E-state index contributed by atoms with van der Waals surface area (Å²) in [5, 5.41) is 8.83. The number of aromatic carboxylic acids is 1. The van der Waals surface area contributed by atoms with E-state index in [-0.39, 0.29) is 17.4 Å². The van der Waals surface area contributed by atoms with E-state index in [1.807, 2.05) is 0 Å². The first kappa shape index (κ1) is 12.1. The number of carbonyl (C=O) groups excluding carboxylic acids is 1. The third-order valence-corrected chi connectivity index (χ3v) is 1.93. The first-order valence-corrected chi connectivity index (χ1v) is 4.24. The molecule has 0 aliphatic carbocycles. The van der Waals surface area contributed by atoms with E-state index in [4.69, 9.17) is 5.11 Å². The number of carbonyl (C=O) groups is 2. The fourth-order valence-corrected chi connectivity index (χ4v) is 1.26. The largest absolute Gasteiger partial charge is 0.478 e. The van der Waals surface area contributed by atoms with Gasteiger partial charge in [0, 0.05) is 5.56 Å². The highest BCUT2D eigenvalue weighted by atomic mass is 19.3. The number of carboxylic acid groups (broad SMARTS) is 1. The van der Waals surface area contributed by atoms with Gasteiger partial charge < -0.3 is 9.84 Å². The highest BCUT2D eigenvalue weighted by Crippen LogP contribution is 2.27. The van der Waals surface area contributed by atoms with Crippen LogP contribution >= 0.6 is 0 Å². The van der Waals surface area contributed by atoms with Gasteiger partial charge in [0.2, 0.25) is 0 Å². The Kier molecular flexibility index (Phi) is 3.55. The Morgan fingerprint density at radius 1 is 1.50 bits per heavy atom.